The average molecular weight is 267 g/mol. The maximum Gasteiger partial charge on any atom is 0.345 e. The van der Waals surface area contributed by atoms with E-state index in [0.717, 1.165) is 30.7 Å². The number of piperidine rings is 1. The van der Waals surface area contributed by atoms with E-state index in [-0.39, 0.29) is 16.8 Å². The highest BCUT2D eigenvalue weighted by Crippen LogP contribution is 2.26. The van der Waals surface area contributed by atoms with Crippen LogP contribution in [0.3, 0.4) is 0 Å². The molecule has 2 rings (SSSR count). The molecule has 5 heteroatoms. The molecule has 1 aliphatic rings. The lowest BCUT2D eigenvalue weighted by Gasteiger charge is -2.37. The predicted molar refractivity (Wildman–Crippen MR) is 70.2 cm³/mol. The molecule has 0 radical (unpaired) electrons. The molecule has 1 amide bonds. The van der Waals surface area contributed by atoms with Gasteiger partial charge >= 0.3 is 5.97 Å². The summed E-state index contributed by atoms with van der Waals surface area (Å²) in [7, 11) is 0. The third kappa shape index (κ3) is 2.41. The van der Waals surface area contributed by atoms with Crippen LogP contribution in [-0.2, 0) is 0 Å². The molecule has 0 spiro atoms. The van der Waals surface area contributed by atoms with E-state index in [1.54, 1.807) is 6.07 Å². The molecule has 1 fully saturated rings. The zero-order valence-electron chi connectivity index (χ0n) is 10.5. The van der Waals surface area contributed by atoms with E-state index in [2.05, 4.69) is 13.8 Å². The number of carboxylic acid groups (broad SMARTS) is 1. The fraction of sp³-hybridized carbons (Fsp3) is 0.538. The fourth-order valence-electron chi connectivity index (χ4n) is 2.33. The second kappa shape index (κ2) is 5.10. The summed E-state index contributed by atoms with van der Waals surface area (Å²) in [6, 6.07) is 3.34. The van der Waals surface area contributed by atoms with Crippen LogP contribution in [0.25, 0.3) is 0 Å². The van der Waals surface area contributed by atoms with Gasteiger partial charge in [-0.2, -0.15) is 0 Å². The van der Waals surface area contributed by atoms with Gasteiger partial charge in [-0.15, -0.1) is 11.3 Å². The van der Waals surface area contributed by atoms with E-state index >= 15 is 0 Å². The molecule has 18 heavy (non-hydrogen) atoms. The predicted octanol–water partition coefficient (Wildman–Crippen LogP) is 2.71. The Labute approximate surface area is 110 Å². The van der Waals surface area contributed by atoms with Gasteiger partial charge in [0.1, 0.15) is 4.88 Å². The van der Waals surface area contributed by atoms with Crippen molar-refractivity contribution in [3.63, 3.8) is 0 Å². The number of thiophene rings is 1. The van der Waals surface area contributed by atoms with Gasteiger partial charge in [0.25, 0.3) is 5.91 Å². The molecule has 2 heterocycles. The van der Waals surface area contributed by atoms with Crippen LogP contribution in [0.4, 0.5) is 0 Å². The highest BCUT2D eigenvalue weighted by molar-refractivity contribution is 7.15. The van der Waals surface area contributed by atoms with E-state index < -0.39 is 5.97 Å². The molecular formula is C13H17NO3S. The van der Waals surface area contributed by atoms with E-state index in [1.807, 2.05) is 4.90 Å². The Morgan fingerprint density at radius 3 is 2.61 bits per heavy atom. The van der Waals surface area contributed by atoms with Crippen molar-refractivity contribution in [2.75, 3.05) is 6.54 Å². The second-order valence-electron chi connectivity index (χ2n) is 4.83. The van der Waals surface area contributed by atoms with Crippen molar-refractivity contribution < 1.29 is 14.7 Å². The lowest BCUT2D eigenvalue weighted by atomic mass is 9.92. The number of hydrogen-bond donors (Lipinski definition) is 1. The molecular weight excluding hydrogens is 250 g/mol. The minimum Gasteiger partial charge on any atom is -0.477 e. The van der Waals surface area contributed by atoms with Gasteiger partial charge in [-0.05, 0) is 37.8 Å². The molecule has 1 N–H and O–H groups in total. The van der Waals surface area contributed by atoms with Crippen LogP contribution in [0.1, 0.15) is 46.0 Å². The van der Waals surface area contributed by atoms with Gasteiger partial charge in [0.15, 0.2) is 0 Å². The van der Waals surface area contributed by atoms with Crippen LogP contribution < -0.4 is 0 Å². The molecule has 0 aliphatic carbocycles. The first kappa shape index (κ1) is 13.1. The summed E-state index contributed by atoms with van der Waals surface area (Å²) in [5.74, 6) is -0.507. The Hall–Kier alpha value is -1.36. The molecule has 2 atom stereocenters. The van der Waals surface area contributed by atoms with Crippen LogP contribution in [-0.4, -0.2) is 34.5 Å². The number of carbonyl (C=O) groups is 2. The van der Waals surface area contributed by atoms with Crippen LogP contribution >= 0.6 is 11.3 Å². The Kier molecular flexibility index (Phi) is 3.71. The van der Waals surface area contributed by atoms with Gasteiger partial charge < -0.3 is 10.0 Å². The number of carbonyl (C=O) groups excluding carboxylic acids is 1. The summed E-state index contributed by atoms with van der Waals surface area (Å²) >= 11 is 1.06. The second-order valence-corrected chi connectivity index (χ2v) is 5.91. The zero-order chi connectivity index (χ0) is 13.3. The first-order chi connectivity index (χ1) is 8.50. The maximum absolute atomic E-state index is 12.3. The SMILES string of the molecule is CC1CCCN(C(=O)c2ccc(C(=O)O)s2)C1C. The van der Waals surface area contributed by atoms with E-state index in [1.165, 1.54) is 6.07 Å². The average Bonchev–Trinajstić information content (AvgIpc) is 2.81. The van der Waals surface area contributed by atoms with Gasteiger partial charge in [0, 0.05) is 12.6 Å². The maximum atomic E-state index is 12.3. The fourth-order valence-corrected chi connectivity index (χ4v) is 3.13. The van der Waals surface area contributed by atoms with Crippen LogP contribution in [0, 0.1) is 5.92 Å². The number of likely N-dealkylation sites (tertiary alicyclic amines) is 1. The number of aromatic carboxylic acids is 1. The number of nitrogens with zero attached hydrogens (tertiary/aromatic N) is 1. The lowest BCUT2D eigenvalue weighted by molar-refractivity contribution is 0.0555. The molecule has 98 valence electrons. The Bertz CT molecular complexity index is 469. The first-order valence-electron chi connectivity index (χ1n) is 6.15. The van der Waals surface area contributed by atoms with Crippen molar-refractivity contribution in [1.29, 1.82) is 0 Å². The Morgan fingerprint density at radius 2 is 2.00 bits per heavy atom. The molecule has 1 aromatic rings. The largest absolute Gasteiger partial charge is 0.477 e. The summed E-state index contributed by atoms with van der Waals surface area (Å²) in [5, 5.41) is 8.87. The molecule has 1 saturated heterocycles. The monoisotopic (exact) mass is 267 g/mol. The topological polar surface area (TPSA) is 57.6 Å². The quantitative estimate of drug-likeness (QED) is 0.896. The van der Waals surface area contributed by atoms with Crippen molar-refractivity contribution >= 4 is 23.2 Å². The van der Waals surface area contributed by atoms with Crippen molar-refractivity contribution in [2.45, 2.75) is 32.7 Å². The van der Waals surface area contributed by atoms with E-state index in [0.29, 0.717) is 10.8 Å². The van der Waals surface area contributed by atoms with Crippen LogP contribution in [0.5, 0.6) is 0 Å². The van der Waals surface area contributed by atoms with Gasteiger partial charge in [-0.25, -0.2) is 4.79 Å². The van der Waals surface area contributed by atoms with E-state index in [9.17, 15) is 9.59 Å². The van der Waals surface area contributed by atoms with Gasteiger partial charge in [0.2, 0.25) is 0 Å². The highest BCUT2D eigenvalue weighted by atomic mass is 32.1. The summed E-state index contributed by atoms with van der Waals surface area (Å²) < 4.78 is 0. The normalized spacial score (nSPS) is 24.0. The van der Waals surface area contributed by atoms with Gasteiger partial charge in [0.05, 0.1) is 4.88 Å². The van der Waals surface area contributed by atoms with Crippen molar-refractivity contribution in [3.05, 3.63) is 21.9 Å². The summed E-state index contributed by atoms with van der Waals surface area (Å²) in [6.45, 7) is 4.99. The molecule has 1 aromatic heterocycles. The Morgan fingerprint density at radius 1 is 1.33 bits per heavy atom. The highest BCUT2D eigenvalue weighted by Gasteiger charge is 2.29. The molecule has 4 nitrogen and oxygen atoms in total. The number of carboxylic acids is 1. The number of amides is 1. The molecule has 0 bridgehead atoms. The number of hydrogen-bond acceptors (Lipinski definition) is 3. The van der Waals surface area contributed by atoms with E-state index in [4.69, 9.17) is 5.11 Å². The minimum atomic E-state index is -0.973. The van der Waals surface area contributed by atoms with Crippen molar-refractivity contribution in [3.8, 4) is 0 Å². The molecule has 1 aliphatic heterocycles. The summed E-state index contributed by atoms with van der Waals surface area (Å²) in [6.07, 6.45) is 2.17. The third-order valence-corrected chi connectivity index (χ3v) is 4.72. The van der Waals surface area contributed by atoms with Crippen molar-refractivity contribution in [2.24, 2.45) is 5.92 Å². The van der Waals surface area contributed by atoms with Crippen LogP contribution in [0.2, 0.25) is 0 Å². The smallest absolute Gasteiger partial charge is 0.345 e. The molecule has 2 unspecified atom stereocenters. The molecule has 0 aromatic carbocycles. The summed E-state index contributed by atoms with van der Waals surface area (Å²) in [5.41, 5.74) is 0. The van der Waals surface area contributed by atoms with Gasteiger partial charge in [-0.3, -0.25) is 4.79 Å². The minimum absolute atomic E-state index is 0.0356. The zero-order valence-corrected chi connectivity index (χ0v) is 11.4. The van der Waals surface area contributed by atoms with Gasteiger partial charge in [-0.1, -0.05) is 6.92 Å². The lowest BCUT2D eigenvalue weighted by Crippen LogP contribution is -2.45. The molecule has 0 saturated carbocycles. The number of rotatable bonds is 2. The Balaban J connectivity index is 2.17. The third-order valence-electron chi connectivity index (χ3n) is 3.66. The summed E-state index contributed by atoms with van der Waals surface area (Å²) in [4.78, 5) is 25.8. The van der Waals surface area contributed by atoms with Crippen LogP contribution in [0.15, 0.2) is 12.1 Å². The first-order valence-corrected chi connectivity index (χ1v) is 6.96. The standard InChI is InChI=1S/C13H17NO3S/c1-8-4-3-7-14(9(8)2)12(15)10-5-6-11(18-10)13(16)17/h5-6,8-9H,3-4,7H2,1-2H3,(H,16,17). The van der Waals surface area contributed by atoms with Crippen molar-refractivity contribution in [1.82, 2.24) is 4.90 Å².